The zero-order valence-corrected chi connectivity index (χ0v) is 15.3. The second kappa shape index (κ2) is 8.34. The molecule has 8 nitrogen and oxygen atoms in total. The largest absolute Gasteiger partial charge is 0.367 e. The lowest BCUT2D eigenvalue weighted by Crippen LogP contribution is -2.28. The molecule has 0 saturated carbocycles. The first-order valence-electron chi connectivity index (χ1n) is 8.09. The highest BCUT2D eigenvalue weighted by atomic mass is 32.1. The molecule has 0 saturated heterocycles. The number of hydrogen-bond acceptors (Lipinski definition) is 8. The van der Waals surface area contributed by atoms with Gasteiger partial charge in [-0.2, -0.15) is 0 Å². The second-order valence-corrected chi connectivity index (χ2v) is 6.70. The number of amides is 1. The molecule has 0 unspecified atom stereocenters. The molecule has 3 heterocycles. The van der Waals surface area contributed by atoms with Crippen LogP contribution in [0, 0.1) is 13.8 Å². The van der Waals surface area contributed by atoms with E-state index in [2.05, 4.69) is 36.1 Å². The van der Waals surface area contributed by atoms with Crippen molar-refractivity contribution in [3.05, 3.63) is 52.2 Å². The Morgan fingerprint density at radius 2 is 1.77 bits per heavy atom. The number of carbonyl (C=O) groups excluding carboxylic acids is 1. The van der Waals surface area contributed by atoms with Crippen LogP contribution in [0.5, 0.6) is 0 Å². The molecule has 134 valence electrons. The van der Waals surface area contributed by atoms with Crippen LogP contribution < -0.4 is 16.0 Å². The fraction of sp³-hybridized carbons (Fsp3) is 0.235. The maximum atomic E-state index is 12.1. The van der Waals surface area contributed by atoms with Crippen LogP contribution in [-0.2, 0) is 0 Å². The minimum absolute atomic E-state index is 0.0992. The maximum Gasteiger partial charge on any atom is 0.263 e. The normalized spacial score (nSPS) is 10.4. The molecule has 3 aromatic heterocycles. The molecular formula is C17H19N7OS. The molecule has 3 N–H and O–H groups in total. The van der Waals surface area contributed by atoms with E-state index < -0.39 is 0 Å². The molecule has 0 fully saturated rings. The zero-order valence-electron chi connectivity index (χ0n) is 14.5. The molecule has 0 aromatic carbocycles. The monoisotopic (exact) mass is 369 g/mol. The van der Waals surface area contributed by atoms with E-state index in [-0.39, 0.29) is 5.91 Å². The van der Waals surface area contributed by atoms with Gasteiger partial charge in [-0.1, -0.05) is 0 Å². The van der Waals surface area contributed by atoms with Gasteiger partial charge in [0.25, 0.3) is 5.91 Å². The number of nitrogens with one attached hydrogen (secondary N) is 3. The minimum Gasteiger partial charge on any atom is -0.367 e. The summed E-state index contributed by atoms with van der Waals surface area (Å²) in [6, 6.07) is 7.36. The van der Waals surface area contributed by atoms with Crippen molar-refractivity contribution in [1.29, 1.82) is 0 Å². The lowest BCUT2D eigenvalue weighted by molar-refractivity contribution is 0.0958. The van der Waals surface area contributed by atoms with Crippen LogP contribution in [0.4, 0.5) is 17.3 Å². The Bertz CT molecular complexity index is 865. The molecule has 0 spiro atoms. The molecular weight excluding hydrogens is 350 g/mol. The number of thiazole rings is 1. The fourth-order valence-corrected chi connectivity index (χ4v) is 3.10. The lowest BCUT2D eigenvalue weighted by atomic mass is 10.3. The van der Waals surface area contributed by atoms with Crippen molar-refractivity contribution in [2.45, 2.75) is 13.8 Å². The quantitative estimate of drug-likeness (QED) is 0.550. The van der Waals surface area contributed by atoms with Crippen LogP contribution >= 0.6 is 11.3 Å². The van der Waals surface area contributed by atoms with Crippen molar-refractivity contribution in [2.24, 2.45) is 0 Å². The van der Waals surface area contributed by atoms with Gasteiger partial charge in [-0.25, -0.2) is 4.98 Å². The summed E-state index contributed by atoms with van der Waals surface area (Å²) >= 11 is 1.40. The maximum absolute atomic E-state index is 12.1. The number of hydrogen-bond donors (Lipinski definition) is 3. The number of anilines is 3. The van der Waals surface area contributed by atoms with E-state index in [0.29, 0.717) is 29.6 Å². The minimum atomic E-state index is -0.0992. The lowest BCUT2D eigenvalue weighted by Gasteiger charge is -2.08. The summed E-state index contributed by atoms with van der Waals surface area (Å²) in [6.45, 7) is 4.76. The highest BCUT2D eigenvalue weighted by Gasteiger charge is 2.12. The Balaban J connectivity index is 1.43. The van der Waals surface area contributed by atoms with Gasteiger partial charge in [-0.15, -0.1) is 21.5 Å². The Morgan fingerprint density at radius 3 is 2.42 bits per heavy atom. The van der Waals surface area contributed by atoms with E-state index in [0.717, 1.165) is 16.4 Å². The van der Waals surface area contributed by atoms with E-state index in [4.69, 9.17) is 0 Å². The third kappa shape index (κ3) is 4.73. The number of aromatic nitrogens is 4. The van der Waals surface area contributed by atoms with Crippen molar-refractivity contribution in [2.75, 3.05) is 23.7 Å². The number of nitrogens with zero attached hydrogens (tertiary/aromatic N) is 4. The molecule has 9 heteroatoms. The van der Waals surface area contributed by atoms with E-state index in [9.17, 15) is 4.79 Å². The summed E-state index contributed by atoms with van der Waals surface area (Å²) in [7, 11) is 0. The van der Waals surface area contributed by atoms with Crippen LogP contribution in [0.15, 0.2) is 36.7 Å². The topological polar surface area (TPSA) is 105 Å². The van der Waals surface area contributed by atoms with Crippen LogP contribution in [0.3, 0.4) is 0 Å². The Hall–Kier alpha value is -3.07. The van der Waals surface area contributed by atoms with Gasteiger partial charge in [0.05, 0.1) is 10.7 Å². The zero-order chi connectivity index (χ0) is 18.4. The van der Waals surface area contributed by atoms with E-state index in [1.54, 1.807) is 12.4 Å². The number of aryl methyl sites for hydroxylation is 2. The molecule has 0 aliphatic carbocycles. The van der Waals surface area contributed by atoms with Crippen LogP contribution in [-0.4, -0.2) is 39.2 Å². The summed E-state index contributed by atoms with van der Waals surface area (Å²) in [6.07, 6.45) is 3.41. The van der Waals surface area contributed by atoms with E-state index in [1.165, 1.54) is 11.3 Å². The number of rotatable bonds is 7. The summed E-state index contributed by atoms with van der Waals surface area (Å²) in [5.41, 5.74) is 1.66. The summed E-state index contributed by atoms with van der Waals surface area (Å²) in [4.78, 5) is 21.0. The number of carbonyl (C=O) groups is 1. The Kier molecular flexibility index (Phi) is 5.69. The predicted molar refractivity (Wildman–Crippen MR) is 102 cm³/mol. The molecule has 0 aliphatic heterocycles. The van der Waals surface area contributed by atoms with Gasteiger partial charge >= 0.3 is 0 Å². The third-order valence-electron chi connectivity index (χ3n) is 3.44. The molecule has 0 aliphatic rings. The first-order chi connectivity index (χ1) is 12.6. The molecule has 3 aromatic rings. The molecule has 26 heavy (non-hydrogen) atoms. The SMILES string of the molecule is Cc1nc(C)c(C(=O)NCCNc2ccc(Nc3ccncc3)nn2)s1. The first-order valence-corrected chi connectivity index (χ1v) is 8.90. The van der Waals surface area contributed by atoms with Crippen LogP contribution in [0.1, 0.15) is 20.4 Å². The predicted octanol–water partition coefficient (Wildman–Crippen LogP) is 2.53. The summed E-state index contributed by atoms with van der Waals surface area (Å²) in [5.74, 6) is 1.19. The van der Waals surface area contributed by atoms with Gasteiger partial charge in [0.1, 0.15) is 10.7 Å². The van der Waals surface area contributed by atoms with Gasteiger partial charge in [0.15, 0.2) is 5.82 Å². The van der Waals surface area contributed by atoms with Gasteiger partial charge in [0.2, 0.25) is 0 Å². The fourth-order valence-electron chi connectivity index (χ4n) is 2.27. The van der Waals surface area contributed by atoms with Gasteiger partial charge in [-0.05, 0) is 38.1 Å². The average Bonchev–Trinajstić information content (AvgIpc) is 2.99. The molecule has 0 radical (unpaired) electrons. The van der Waals surface area contributed by atoms with Gasteiger partial charge < -0.3 is 16.0 Å². The Labute approximate surface area is 155 Å². The van der Waals surface area contributed by atoms with Crippen LogP contribution in [0.2, 0.25) is 0 Å². The molecule has 0 bridgehead atoms. The molecule has 3 rings (SSSR count). The van der Waals surface area contributed by atoms with E-state index >= 15 is 0 Å². The van der Waals surface area contributed by atoms with Crippen molar-refractivity contribution in [1.82, 2.24) is 25.5 Å². The van der Waals surface area contributed by atoms with Crippen molar-refractivity contribution in [3.8, 4) is 0 Å². The van der Waals surface area contributed by atoms with Gasteiger partial charge in [-0.3, -0.25) is 9.78 Å². The molecule has 1 amide bonds. The van der Waals surface area contributed by atoms with Crippen molar-refractivity contribution in [3.63, 3.8) is 0 Å². The summed E-state index contributed by atoms with van der Waals surface area (Å²) in [5, 5.41) is 18.2. The summed E-state index contributed by atoms with van der Waals surface area (Å²) < 4.78 is 0. The smallest absolute Gasteiger partial charge is 0.263 e. The highest BCUT2D eigenvalue weighted by molar-refractivity contribution is 7.13. The molecule has 0 atom stereocenters. The Morgan fingerprint density at radius 1 is 1.04 bits per heavy atom. The van der Waals surface area contributed by atoms with Crippen molar-refractivity contribution < 1.29 is 4.79 Å². The highest BCUT2D eigenvalue weighted by Crippen LogP contribution is 2.16. The number of pyridine rings is 1. The average molecular weight is 369 g/mol. The second-order valence-electron chi connectivity index (χ2n) is 5.49. The standard InChI is InChI=1S/C17H19N7OS/c1-11-16(26-12(2)21-11)17(25)20-10-9-19-14-3-4-15(24-23-14)22-13-5-7-18-8-6-13/h3-8H,9-10H2,1-2H3,(H,19,23)(H,20,25)(H,18,22,24). The van der Waals surface area contributed by atoms with E-state index in [1.807, 2.05) is 38.1 Å². The van der Waals surface area contributed by atoms with Crippen molar-refractivity contribution >= 4 is 34.6 Å². The first kappa shape index (κ1) is 17.7. The van der Waals surface area contributed by atoms with Crippen LogP contribution in [0.25, 0.3) is 0 Å². The third-order valence-corrected chi connectivity index (χ3v) is 4.52. The van der Waals surface area contributed by atoms with Gasteiger partial charge in [0, 0.05) is 31.2 Å².